The first kappa shape index (κ1) is 17.9. The maximum Gasteiger partial charge on any atom is 0.132 e. The summed E-state index contributed by atoms with van der Waals surface area (Å²) >= 11 is 0. The van der Waals surface area contributed by atoms with Gasteiger partial charge in [-0.1, -0.05) is 42.5 Å². The monoisotopic (exact) mass is 363 g/mol. The summed E-state index contributed by atoms with van der Waals surface area (Å²) in [6.45, 7) is 9.34. The molecule has 0 bridgehead atoms. The minimum atomic E-state index is -0.232. The predicted molar refractivity (Wildman–Crippen MR) is 109 cm³/mol. The number of aromatic nitrogens is 2. The normalized spacial score (nSPS) is 16.1. The van der Waals surface area contributed by atoms with Crippen LogP contribution < -0.4 is 0 Å². The van der Waals surface area contributed by atoms with Crippen LogP contribution in [-0.4, -0.2) is 27.8 Å². The lowest BCUT2D eigenvalue weighted by Crippen LogP contribution is -2.33. The molecule has 1 aromatic heterocycles. The van der Waals surface area contributed by atoms with Crippen molar-refractivity contribution in [2.75, 3.05) is 13.1 Å². The molecule has 1 aliphatic rings. The molecule has 27 heavy (non-hydrogen) atoms. The molecule has 0 saturated carbocycles. The first-order valence-electron chi connectivity index (χ1n) is 9.62. The van der Waals surface area contributed by atoms with Crippen LogP contribution in [0, 0.1) is 11.7 Å². The van der Waals surface area contributed by atoms with Crippen LogP contribution in [0.1, 0.15) is 25.3 Å². The maximum atomic E-state index is 14.3. The van der Waals surface area contributed by atoms with E-state index in [-0.39, 0.29) is 5.82 Å². The van der Waals surface area contributed by atoms with Crippen molar-refractivity contribution in [3.8, 4) is 11.3 Å². The van der Waals surface area contributed by atoms with Crippen LogP contribution in [0.3, 0.4) is 0 Å². The number of hydrogen-bond acceptors (Lipinski definition) is 2. The number of fused-ring (bicyclic) bond motifs is 1. The van der Waals surface area contributed by atoms with Gasteiger partial charge in [0.2, 0.25) is 0 Å². The molecular weight excluding hydrogens is 337 g/mol. The lowest BCUT2D eigenvalue weighted by atomic mass is 9.91. The topological polar surface area (TPSA) is 21.1 Å². The number of piperidine rings is 1. The molecule has 0 radical (unpaired) electrons. The van der Waals surface area contributed by atoms with Gasteiger partial charge in [-0.05, 0) is 56.5 Å². The molecular formula is C23H26FN3. The lowest BCUT2D eigenvalue weighted by Gasteiger charge is -2.32. The Morgan fingerprint density at radius 1 is 1.15 bits per heavy atom. The van der Waals surface area contributed by atoms with Gasteiger partial charge in [-0.15, -0.1) is 0 Å². The molecule has 1 saturated heterocycles. The van der Waals surface area contributed by atoms with Gasteiger partial charge in [0, 0.05) is 24.5 Å². The van der Waals surface area contributed by atoms with Crippen LogP contribution in [-0.2, 0) is 13.6 Å². The van der Waals surface area contributed by atoms with Gasteiger partial charge in [-0.2, -0.15) is 5.10 Å². The second-order valence-electron chi connectivity index (χ2n) is 7.66. The Balaban J connectivity index is 1.66. The average molecular weight is 363 g/mol. The molecule has 0 aliphatic carbocycles. The van der Waals surface area contributed by atoms with Gasteiger partial charge in [0.1, 0.15) is 11.5 Å². The summed E-state index contributed by atoms with van der Waals surface area (Å²) < 4.78 is 16.2. The largest absolute Gasteiger partial charge is 0.299 e. The van der Waals surface area contributed by atoms with Crippen molar-refractivity contribution in [1.29, 1.82) is 0 Å². The molecule has 4 heteroatoms. The Morgan fingerprint density at radius 2 is 1.89 bits per heavy atom. The van der Waals surface area contributed by atoms with E-state index in [1.165, 1.54) is 30.0 Å². The predicted octanol–water partition coefficient (Wildman–Crippen LogP) is 5.17. The zero-order valence-electron chi connectivity index (χ0n) is 16.1. The highest BCUT2D eigenvalue weighted by Crippen LogP contribution is 2.32. The zero-order valence-corrected chi connectivity index (χ0v) is 16.1. The van der Waals surface area contributed by atoms with Crippen molar-refractivity contribution in [3.63, 3.8) is 0 Å². The fraction of sp³-hybridized carbons (Fsp3) is 0.348. The number of aryl methyl sites for hydroxylation is 1. The lowest BCUT2D eigenvalue weighted by molar-refractivity contribution is 0.192. The Hall–Kier alpha value is -2.46. The number of allylic oxidation sites excluding steroid dienone is 1. The third kappa shape index (κ3) is 3.42. The van der Waals surface area contributed by atoms with E-state index >= 15 is 0 Å². The minimum Gasteiger partial charge on any atom is -0.299 e. The summed E-state index contributed by atoms with van der Waals surface area (Å²) in [5.41, 5.74) is 4.92. The van der Waals surface area contributed by atoms with Crippen molar-refractivity contribution >= 4 is 10.9 Å². The number of hydrogen-bond donors (Lipinski definition) is 0. The van der Waals surface area contributed by atoms with Gasteiger partial charge in [0.15, 0.2) is 0 Å². The van der Waals surface area contributed by atoms with E-state index in [9.17, 15) is 4.39 Å². The molecule has 140 valence electrons. The van der Waals surface area contributed by atoms with E-state index < -0.39 is 0 Å². The van der Waals surface area contributed by atoms with Gasteiger partial charge >= 0.3 is 0 Å². The third-order valence-electron chi connectivity index (χ3n) is 5.76. The molecule has 2 aromatic carbocycles. The molecule has 0 unspecified atom stereocenters. The fourth-order valence-electron chi connectivity index (χ4n) is 4.22. The second kappa shape index (κ2) is 7.28. The standard InChI is InChI=1S/C23H26FN3/c1-16(2)17-11-13-27(14-12-17)15-18-7-6-9-20-22(25-26(3)23(18)20)19-8-4-5-10-21(19)24/h4-10,17H,1,11-15H2,2-3H3. The average Bonchev–Trinajstić information content (AvgIpc) is 3.00. The van der Waals surface area contributed by atoms with Crippen LogP contribution in [0.5, 0.6) is 0 Å². The molecule has 0 atom stereocenters. The molecule has 0 spiro atoms. The SMILES string of the molecule is C=C(C)C1CCN(Cc2cccc3c(-c4ccccc4F)nn(C)c23)CC1. The quantitative estimate of drug-likeness (QED) is 0.597. The van der Waals surface area contributed by atoms with Crippen LogP contribution >= 0.6 is 0 Å². The van der Waals surface area contributed by atoms with Crippen molar-refractivity contribution in [1.82, 2.24) is 14.7 Å². The van der Waals surface area contributed by atoms with E-state index in [2.05, 4.69) is 35.6 Å². The van der Waals surface area contributed by atoms with Crippen LogP contribution in [0.2, 0.25) is 0 Å². The fourth-order valence-corrected chi connectivity index (χ4v) is 4.22. The van der Waals surface area contributed by atoms with E-state index in [0.29, 0.717) is 17.2 Å². The maximum absolute atomic E-state index is 14.3. The van der Waals surface area contributed by atoms with E-state index in [0.717, 1.165) is 30.5 Å². The number of likely N-dealkylation sites (tertiary alicyclic amines) is 1. The van der Waals surface area contributed by atoms with Crippen molar-refractivity contribution in [2.45, 2.75) is 26.3 Å². The van der Waals surface area contributed by atoms with Gasteiger partial charge in [0.05, 0.1) is 5.52 Å². The molecule has 0 amide bonds. The number of halogens is 1. The van der Waals surface area contributed by atoms with E-state index in [4.69, 9.17) is 0 Å². The number of para-hydroxylation sites is 1. The smallest absolute Gasteiger partial charge is 0.132 e. The van der Waals surface area contributed by atoms with Crippen LogP contribution in [0.25, 0.3) is 22.2 Å². The Morgan fingerprint density at radius 3 is 2.59 bits per heavy atom. The Bertz CT molecular complexity index is 980. The number of nitrogens with zero attached hydrogens (tertiary/aromatic N) is 3. The summed E-state index contributed by atoms with van der Waals surface area (Å²) in [7, 11) is 1.95. The number of benzene rings is 2. The van der Waals surface area contributed by atoms with Gasteiger partial charge < -0.3 is 0 Å². The van der Waals surface area contributed by atoms with Crippen molar-refractivity contribution < 1.29 is 4.39 Å². The number of rotatable bonds is 4. The summed E-state index contributed by atoms with van der Waals surface area (Å²) in [6, 6.07) is 13.1. The van der Waals surface area contributed by atoms with Gasteiger partial charge in [0.25, 0.3) is 0 Å². The van der Waals surface area contributed by atoms with Crippen molar-refractivity contribution in [2.24, 2.45) is 13.0 Å². The Kier molecular flexibility index (Phi) is 4.83. The van der Waals surface area contributed by atoms with E-state index in [1.54, 1.807) is 12.1 Å². The summed E-state index contributed by atoms with van der Waals surface area (Å²) in [5, 5.41) is 5.67. The molecule has 1 fully saturated rings. The highest BCUT2D eigenvalue weighted by Gasteiger charge is 2.21. The third-order valence-corrected chi connectivity index (χ3v) is 5.76. The molecule has 3 nitrogen and oxygen atoms in total. The molecule has 0 N–H and O–H groups in total. The molecule has 4 rings (SSSR count). The van der Waals surface area contributed by atoms with Crippen LogP contribution in [0.4, 0.5) is 4.39 Å². The summed E-state index contributed by atoms with van der Waals surface area (Å²) in [6.07, 6.45) is 2.36. The minimum absolute atomic E-state index is 0.232. The molecule has 2 heterocycles. The van der Waals surface area contributed by atoms with Crippen LogP contribution in [0.15, 0.2) is 54.6 Å². The molecule has 1 aliphatic heterocycles. The zero-order chi connectivity index (χ0) is 19.0. The second-order valence-corrected chi connectivity index (χ2v) is 7.66. The highest BCUT2D eigenvalue weighted by atomic mass is 19.1. The highest BCUT2D eigenvalue weighted by molar-refractivity contribution is 5.95. The molecule has 3 aromatic rings. The summed E-state index contributed by atoms with van der Waals surface area (Å²) in [5.74, 6) is 0.422. The van der Waals surface area contributed by atoms with E-state index in [1.807, 2.05) is 23.9 Å². The van der Waals surface area contributed by atoms with Gasteiger partial charge in [-0.25, -0.2) is 4.39 Å². The Labute approximate surface area is 160 Å². The van der Waals surface area contributed by atoms with Gasteiger partial charge in [-0.3, -0.25) is 9.58 Å². The summed E-state index contributed by atoms with van der Waals surface area (Å²) in [4.78, 5) is 2.50. The first-order valence-corrected chi connectivity index (χ1v) is 9.62. The van der Waals surface area contributed by atoms with Crippen molar-refractivity contribution in [3.05, 3.63) is 66.0 Å². The first-order chi connectivity index (χ1) is 13.0.